The fraction of sp³-hybridized carbons (Fsp3) is 0.0526. The quantitative estimate of drug-likeness (QED) is 0.386. The van der Waals surface area contributed by atoms with Gasteiger partial charge in [-0.15, -0.1) is 0 Å². The molecule has 0 saturated heterocycles. The lowest BCUT2D eigenvalue weighted by molar-refractivity contribution is 0.854. The topological polar surface area (TPSA) is 149 Å². The minimum absolute atomic E-state index is 0.0242. The van der Waals surface area contributed by atoms with E-state index in [1.807, 2.05) is 54.7 Å². The molecule has 0 fully saturated rings. The number of aromatic nitrogens is 1. The summed E-state index contributed by atoms with van der Waals surface area (Å²) < 4.78 is 0. The number of rotatable bonds is 1. The maximum Gasteiger partial charge on any atom is 0.211 e. The van der Waals surface area contributed by atoms with Gasteiger partial charge in [-0.1, -0.05) is 42.5 Å². The molecule has 3 aromatic rings. The van der Waals surface area contributed by atoms with E-state index in [9.17, 15) is 5.26 Å². The molecule has 1 aliphatic rings. The van der Waals surface area contributed by atoms with Crippen molar-refractivity contribution in [3.05, 3.63) is 59.2 Å². The smallest absolute Gasteiger partial charge is 0.211 e. The molecule has 2 aromatic carbocycles. The van der Waals surface area contributed by atoms with Crippen LogP contribution in [-0.2, 0) is 0 Å². The van der Waals surface area contributed by atoms with Crippen molar-refractivity contribution in [3.8, 4) is 12.3 Å². The molecule has 130 valence electrons. The van der Waals surface area contributed by atoms with Gasteiger partial charge in [0.1, 0.15) is 29.3 Å². The van der Waals surface area contributed by atoms with Gasteiger partial charge < -0.3 is 16.8 Å². The van der Waals surface area contributed by atoms with Crippen LogP contribution in [0, 0.1) is 22.8 Å². The summed E-state index contributed by atoms with van der Waals surface area (Å²) in [5.74, 6) is 0.629. The Morgan fingerprint density at radius 1 is 1.07 bits per heavy atom. The zero-order valence-corrected chi connectivity index (χ0v) is 14.1. The van der Waals surface area contributed by atoms with Gasteiger partial charge >= 0.3 is 0 Å². The van der Waals surface area contributed by atoms with Gasteiger partial charge in [-0.05, 0) is 16.3 Å². The molecule has 1 unspecified atom stereocenters. The first-order valence-electron chi connectivity index (χ1n) is 8.10. The number of anilines is 3. The Balaban J connectivity index is 2.03. The van der Waals surface area contributed by atoms with Gasteiger partial charge in [-0.25, -0.2) is 9.98 Å². The van der Waals surface area contributed by atoms with E-state index in [2.05, 4.69) is 20.6 Å². The first-order chi connectivity index (χ1) is 13.1. The number of nitrogens with two attached hydrogens (primary N) is 2. The second-order valence-electron chi connectivity index (χ2n) is 5.97. The number of aliphatic imine (C=N–C) groups is 1. The average molecular weight is 354 g/mol. The molecule has 1 atom stereocenters. The molecule has 0 bridgehead atoms. The van der Waals surface area contributed by atoms with E-state index in [1.165, 1.54) is 0 Å². The molecule has 0 spiro atoms. The molecule has 8 heteroatoms. The summed E-state index contributed by atoms with van der Waals surface area (Å²) in [5.41, 5.74) is 13.9. The summed E-state index contributed by atoms with van der Waals surface area (Å²) in [5, 5.41) is 25.8. The summed E-state index contributed by atoms with van der Waals surface area (Å²) in [4.78, 5) is 8.87. The molecule has 4 rings (SSSR count). The molecular formula is C19H14N8. The van der Waals surface area contributed by atoms with Crippen LogP contribution in [0.5, 0.6) is 0 Å². The number of hydrogen-bond donors (Lipinski definition) is 4. The minimum atomic E-state index is -0.552. The zero-order chi connectivity index (χ0) is 19.0. The lowest BCUT2D eigenvalue weighted by Gasteiger charge is -2.26. The Labute approximate surface area is 154 Å². The molecule has 1 aromatic heterocycles. The van der Waals surface area contributed by atoms with Crippen LogP contribution in [0.25, 0.3) is 10.8 Å². The number of fused-ring (bicyclic) bond motifs is 2. The predicted octanol–water partition coefficient (Wildman–Crippen LogP) is 2.21. The molecule has 0 aliphatic carbocycles. The third kappa shape index (κ3) is 2.53. The number of nitriles is 2. The maximum atomic E-state index is 9.40. The van der Waals surface area contributed by atoms with Crippen LogP contribution in [0.1, 0.15) is 22.7 Å². The van der Waals surface area contributed by atoms with Crippen molar-refractivity contribution in [2.45, 2.75) is 6.04 Å². The van der Waals surface area contributed by atoms with Crippen molar-refractivity contribution >= 4 is 34.1 Å². The first kappa shape index (κ1) is 16.2. The highest BCUT2D eigenvalue weighted by Gasteiger charge is 2.30. The highest BCUT2D eigenvalue weighted by atomic mass is 15.2. The van der Waals surface area contributed by atoms with Gasteiger partial charge in [0.15, 0.2) is 6.19 Å². The highest BCUT2D eigenvalue weighted by molar-refractivity contribution is 5.99. The zero-order valence-electron chi connectivity index (χ0n) is 14.1. The van der Waals surface area contributed by atoms with E-state index in [4.69, 9.17) is 16.7 Å². The van der Waals surface area contributed by atoms with Crippen LogP contribution in [0.15, 0.2) is 47.5 Å². The summed E-state index contributed by atoms with van der Waals surface area (Å²) in [7, 11) is 0. The van der Waals surface area contributed by atoms with E-state index in [1.54, 1.807) is 0 Å². The van der Waals surface area contributed by atoms with Gasteiger partial charge in [-0.2, -0.15) is 10.5 Å². The second kappa shape index (κ2) is 6.21. The van der Waals surface area contributed by atoms with Crippen molar-refractivity contribution in [1.29, 1.82) is 10.5 Å². The monoisotopic (exact) mass is 354 g/mol. The number of hydrogen-bond acceptors (Lipinski definition) is 8. The predicted molar refractivity (Wildman–Crippen MR) is 103 cm³/mol. The van der Waals surface area contributed by atoms with E-state index in [0.29, 0.717) is 11.4 Å². The fourth-order valence-corrected chi connectivity index (χ4v) is 3.29. The van der Waals surface area contributed by atoms with Crippen molar-refractivity contribution in [1.82, 2.24) is 10.3 Å². The van der Waals surface area contributed by atoms with Gasteiger partial charge in [0.2, 0.25) is 5.96 Å². The van der Waals surface area contributed by atoms with Crippen molar-refractivity contribution in [2.75, 3.05) is 16.8 Å². The summed E-state index contributed by atoms with van der Waals surface area (Å²) in [6, 6.07) is 15.2. The Kier molecular flexibility index (Phi) is 3.72. The van der Waals surface area contributed by atoms with Crippen LogP contribution in [-0.4, -0.2) is 10.9 Å². The number of nitrogen functional groups attached to an aromatic ring is 2. The Hall–Kier alpha value is -4.30. The lowest BCUT2D eigenvalue weighted by atomic mass is 9.91. The van der Waals surface area contributed by atoms with Crippen LogP contribution in [0.2, 0.25) is 0 Å². The number of benzene rings is 2. The third-order valence-corrected chi connectivity index (χ3v) is 4.48. The molecule has 8 nitrogen and oxygen atoms in total. The van der Waals surface area contributed by atoms with Gasteiger partial charge in [0.05, 0.1) is 5.69 Å². The highest BCUT2D eigenvalue weighted by Crippen LogP contribution is 2.42. The van der Waals surface area contributed by atoms with E-state index < -0.39 is 6.04 Å². The van der Waals surface area contributed by atoms with Crippen molar-refractivity contribution in [2.24, 2.45) is 4.99 Å². The number of guanidine groups is 1. The largest absolute Gasteiger partial charge is 0.397 e. The number of nitrogens with zero attached hydrogens (tertiary/aromatic N) is 4. The van der Waals surface area contributed by atoms with Crippen molar-refractivity contribution < 1.29 is 0 Å². The van der Waals surface area contributed by atoms with Crippen LogP contribution in [0.3, 0.4) is 0 Å². The summed E-state index contributed by atoms with van der Waals surface area (Å²) in [6.07, 6.45) is 1.84. The molecule has 27 heavy (non-hydrogen) atoms. The maximum absolute atomic E-state index is 9.40. The van der Waals surface area contributed by atoms with Gasteiger partial charge in [0, 0.05) is 5.56 Å². The Bertz CT molecular complexity index is 1180. The molecule has 0 radical (unpaired) electrons. The van der Waals surface area contributed by atoms with Crippen LogP contribution in [0.4, 0.5) is 17.3 Å². The Morgan fingerprint density at radius 3 is 2.63 bits per heavy atom. The first-order valence-corrected chi connectivity index (χ1v) is 8.10. The average Bonchev–Trinajstić information content (AvgIpc) is 2.67. The minimum Gasteiger partial charge on any atom is -0.397 e. The lowest BCUT2D eigenvalue weighted by Crippen LogP contribution is -2.32. The van der Waals surface area contributed by atoms with Gasteiger partial charge in [0.25, 0.3) is 0 Å². The van der Waals surface area contributed by atoms with Crippen LogP contribution < -0.4 is 22.1 Å². The second-order valence-corrected chi connectivity index (χ2v) is 5.97. The fourth-order valence-electron chi connectivity index (χ4n) is 3.29. The molecule has 6 N–H and O–H groups in total. The third-order valence-electron chi connectivity index (χ3n) is 4.48. The molecule has 0 saturated carbocycles. The standard InChI is InChI=1S/C19H14N8/c20-8-13-15(22)14-16(12-7-3-5-10-4-1-2-6-11(10)12)25-19(24-9-21)27-18(14)26-17(13)23/h1-7,16H,(H6,22,23,24,25,26,27). The summed E-state index contributed by atoms with van der Waals surface area (Å²) in [6.45, 7) is 0. The van der Waals surface area contributed by atoms with E-state index in [-0.39, 0.29) is 23.0 Å². The summed E-state index contributed by atoms with van der Waals surface area (Å²) >= 11 is 0. The van der Waals surface area contributed by atoms with E-state index >= 15 is 0 Å². The normalized spacial score (nSPS) is 15.0. The van der Waals surface area contributed by atoms with Gasteiger partial charge in [-0.3, -0.25) is 5.32 Å². The molecule has 2 heterocycles. The van der Waals surface area contributed by atoms with E-state index in [0.717, 1.165) is 16.3 Å². The number of pyridine rings is 1. The molecule has 1 aliphatic heterocycles. The SMILES string of the molecule is N#CNC1=NC(c2cccc3ccccc23)c2c(nc(N)c(C#N)c2N)N1. The number of nitrogens with one attached hydrogen (secondary N) is 2. The Morgan fingerprint density at radius 2 is 1.85 bits per heavy atom. The molecular weight excluding hydrogens is 340 g/mol. The molecule has 0 amide bonds. The van der Waals surface area contributed by atoms with Crippen molar-refractivity contribution in [3.63, 3.8) is 0 Å². The van der Waals surface area contributed by atoms with Crippen LogP contribution >= 0.6 is 0 Å².